The van der Waals surface area contributed by atoms with Gasteiger partial charge in [0.15, 0.2) is 0 Å². The number of fused-ring (bicyclic) bond motifs is 38. The van der Waals surface area contributed by atoms with E-state index in [1.54, 1.807) is 33.4 Å². The summed E-state index contributed by atoms with van der Waals surface area (Å²) in [5.74, 6) is 0. The SMILES string of the molecule is CC1=C(C)c2cc3[nH]c(cc4[nH]c(cc5nc(cc1n2)C(C)=C5C)c(C)c4C)c(C)c3C.CN1CCN(C)CCN(C)CCN(C)CCN(C)CCN(C)CC1.Cc1cc2c(cc1C)-c1c(c3c(c4c1Cc1cc(C)c(C)cc1-4)Cc1cc(C)c(C)cc1-3)C2.Cc1cc2c3cc(C)c(C)cc3c3cc(C)c(C)cc3c2cc1C.Cc1cc2sc3c(c2cc1C)c1sc2cc(C)c(C)cc2c1c1sc2cc(C)c(C)cc2c31. The largest absolute Gasteiger partial charge is 0.355 e. The first-order valence-electron chi connectivity index (χ1n) is 53.2. The van der Waals surface area contributed by atoms with Gasteiger partial charge in [-0.1, -0.05) is 72.8 Å². The van der Waals surface area contributed by atoms with Crippen molar-refractivity contribution in [1.29, 1.82) is 0 Å². The second kappa shape index (κ2) is 39.8. The molecule has 0 spiro atoms. The average Bonchev–Trinajstić information content (AvgIpc) is 1.53. The number of rotatable bonds is 0. The van der Waals surface area contributed by atoms with Crippen LogP contribution in [0.2, 0.25) is 0 Å². The van der Waals surface area contributed by atoms with E-state index < -0.39 is 0 Å². The molecule has 1 saturated heterocycles. The molecule has 3 aliphatic heterocycles. The molecule has 2 N–H and O–H groups in total. The predicted octanol–water partition coefficient (Wildman–Crippen LogP) is 32.9. The molecule has 0 radical (unpaired) electrons. The molecule has 9 heterocycles. The number of benzene rings is 12. The minimum atomic E-state index is 0.995. The molecule has 10 nitrogen and oxygen atoms in total. The van der Waals surface area contributed by atoms with Gasteiger partial charge in [0.25, 0.3) is 0 Å². The fraction of sp³-hybridized carbons (Fsp3) is 0.353. The summed E-state index contributed by atoms with van der Waals surface area (Å²) in [7, 11) is 13.5. The molecule has 13 heteroatoms. The molecular formula is C133H150N10S3. The summed E-state index contributed by atoms with van der Waals surface area (Å²) in [4.78, 5) is 32.0. The Labute approximate surface area is 879 Å². The van der Waals surface area contributed by atoms with Crippen LogP contribution in [0.1, 0.15) is 206 Å². The lowest BCUT2D eigenvalue weighted by Crippen LogP contribution is -2.42. The standard InChI is InChI=1S/C33H30.C30H24S3.C28H30N4.C24H24.C18H42N6/c1-16-7-22-13-28-31(25(22)10-19(16)4)29-14-23-8-17(2)21(6)12-27(23)33(29)30-15-24-9-18(3)20(5)11-26(24)32(28)30;1-13-7-19-22(10-16(13)4)31-28-25(19)29-27(20-8-14(2)17(5)11-23(20)32-29)30-26(28)21-9-15(3)18(6)12-24(21)33-30;1-13-14(2)22-10-24-17(5)18(6)26(31-24)12-28-20(8)19(7)27(32-28)11-25-16(4)15(3)23(30-25)9-21(13)29-22;1-13-7-19-20(8-14(13)2)22-10-16(4)18(6)12-24(22)23-11-17(5)15(3)9-21(19)23;1-19-7-9-20(2)11-13-22(4)15-17-24(6)18-16-23(5)14-12-21(3)10-8-19/h7-12H,13-15H2,1-6H3;7-12H,1-6H3;9-12,29-30H,1-8H3;7-12H,1-6H3;7-18H2,1-6H3. The summed E-state index contributed by atoms with van der Waals surface area (Å²) in [5, 5.41) is 17.0. The maximum Gasteiger partial charge on any atom is 0.0691 e. The van der Waals surface area contributed by atoms with Crippen molar-refractivity contribution in [3.8, 4) is 33.4 Å². The Kier molecular flexibility index (Phi) is 27.7. The predicted molar refractivity (Wildman–Crippen MR) is 642 cm³/mol. The summed E-state index contributed by atoms with van der Waals surface area (Å²) in [6, 6.07) is 52.2. The molecule has 146 heavy (non-hydrogen) atoms. The van der Waals surface area contributed by atoms with Crippen LogP contribution in [-0.4, -0.2) is 170 Å². The zero-order chi connectivity index (χ0) is 104. The molecule has 0 amide bonds. The molecule has 750 valence electrons. The quantitative estimate of drug-likeness (QED) is 0.146. The smallest absolute Gasteiger partial charge is 0.0691 e. The van der Waals surface area contributed by atoms with E-state index in [1.807, 2.05) is 34.0 Å². The van der Waals surface area contributed by atoms with Crippen LogP contribution in [0.5, 0.6) is 0 Å². The van der Waals surface area contributed by atoms with E-state index >= 15 is 0 Å². The van der Waals surface area contributed by atoms with E-state index in [4.69, 9.17) is 9.97 Å². The molecule has 0 saturated carbocycles. The highest BCUT2D eigenvalue weighted by Crippen LogP contribution is 2.59. The van der Waals surface area contributed by atoms with Gasteiger partial charge in [0, 0.05) is 161 Å². The van der Waals surface area contributed by atoms with Crippen LogP contribution in [0.4, 0.5) is 0 Å². The van der Waals surface area contributed by atoms with E-state index in [9.17, 15) is 0 Å². The Balaban J connectivity index is 0.000000112. The molecule has 1 fully saturated rings. The van der Waals surface area contributed by atoms with E-state index in [0.717, 1.165) is 143 Å². The Morgan fingerprint density at radius 2 is 0.390 bits per heavy atom. The number of hydrogen-bond acceptors (Lipinski definition) is 11. The van der Waals surface area contributed by atoms with Crippen molar-refractivity contribution in [3.05, 3.63) is 312 Å². The van der Waals surface area contributed by atoms with Crippen molar-refractivity contribution in [3.63, 3.8) is 0 Å². The van der Waals surface area contributed by atoms with Gasteiger partial charge in [-0.15, -0.1) is 34.0 Å². The third kappa shape index (κ3) is 18.6. The fourth-order valence-electron chi connectivity index (χ4n) is 23.1. The average molecular weight is 1980 g/mol. The molecule has 24 rings (SSSR count). The maximum absolute atomic E-state index is 4.99. The van der Waals surface area contributed by atoms with E-state index in [0.29, 0.717) is 0 Å². The number of allylic oxidation sites excluding steroid dienone is 4. The van der Waals surface area contributed by atoms with Crippen LogP contribution in [0, 0.1) is 152 Å². The first-order chi connectivity index (χ1) is 69.5. The fourth-order valence-corrected chi connectivity index (χ4v) is 27.3. The van der Waals surface area contributed by atoms with Crippen LogP contribution < -0.4 is 0 Å². The summed E-state index contributed by atoms with van der Waals surface area (Å²) in [6.45, 7) is 71.4. The molecule has 6 aromatic heterocycles. The first kappa shape index (κ1) is 102. The number of H-pyrrole nitrogens is 2. The Hall–Kier alpha value is -11.6. The lowest BCUT2D eigenvalue weighted by atomic mass is 9.86. The molecule has 6 aliphatic rings. The highest BCUT2D eigenvalue weighted by Gasteiger charge is 2.39. The number of aryl methyl sites for hydroxylation is 22. The van der Waals surface area contributed by atoms with Gasteiger partial charge in [0.05, 0.1) is 22.8 Å². The molecule has 0 atom stereocenters. The Bertz CT molecular complexity index is 7830. The number of nitrogens with one attached hydrogen (secondary N) is 2. The van der Waals surface area contributed by atoms with Crippen molar-refractivity contribution >= 4 is 171 Å². The van der Waals surface area contributed by atoms with Crippen molar-refractivity contribution in [1.82, 2.24) is 49.3 Å². The zero-order valence-corrected chi connectivity index (χ0v) is 95.6. The Morgan fingerprint density at radius 3 is 0.616 bits per heavy atom. The topological polar surface area (TPSA) is 76.8 Å². The summed E-state index contributed by atoms with van der Waals surface area (Å²) >= 11 is 5.96. The number of hydrogen-bond donors (Lipinski definition) is 2. The van der Waals surface area contributed by atoms with Gasteiger partial charge in [-0.05, 0) is 546 Å². The maximum atomic E-state index is 4.99. The highest BCUT2D eigenvalue weighted by molar-refractivity contribution is 7.34. The molecule has 0 unspecified atom stereocenters. The third-order valence-electron chi connectivity index (χ3n) is 35.0. The number of aromatic nitrogens is 4. The van der Waals surface area contributed by atoms with Gasteiger partial charge in [0.2, 0.25) is 0 Å². The van der Waals surface area contributed by atoms with E-state index in [-0.39, 0.29) is 0 Å². The normalized spacial score (nSPS) is 15.3. The van der Waals surface area contributed by atoms with Gasteiger partial charge in [0.1, 0.15) is 0 Å². The van der Waals surface area contributed by atoms with Gasteiger partial charge < -0.3 is 39.4 Å². The van der Waals surface area contributed by atoms with Crippen molar-refractivity contribution in [2.75, 3.05) is 121 Å². The Morgan fingerprint density at radius 1 is 0.205 bits per heavy atom. The van der Waals surface area contributed by atoms with Crippen LogP contribution in [0.25, 0.3) is 171 Å². The van der Waals surface area contributed by atoms with Gasteiger partial charge in [-0.25, -0.2) is 9.97 Å². The van der Waals surface area contributed by atoms with Gasteiger partial charge >= 0.3 is 0 Å². The molecule has 3 aliphatic carbocycles. The minimum absolute atomic E-state index is 0.995. The minimum Gasteiger partial charge on any atom is -0.355 e. The molecule has 8 bridgehead atoms. The van der Waals surface area contributed by atoms with Crippen LogP contribution in [0.3, 0.4) is 0 Å². The number of likely N-dealkylation sites (N-methyl/N-ethyl adjacent to an activating group) is 6. The summed E-state index contributed by atoms with van der Waals surface area (Å²) in [5.41, 5.74) is 61.8. The second-order valence-electron chi connectivity index (χ2n) is 45.1. The summed E-state index contributed by atoms with van der Waals surface area (Å²) in [6.07, 6.45) is 3.21. The van der Waals surface area contributed by atoms with E-state index in [1.165, 1.54) is 271 Å². The first-order valence-corrected chi connectivity index (χ1v) is 55.6. The molecule has 18 aromatic rings. The molecule has 12 aromatic carbocycles. The third-order valence-corrected chi connectivity index (χ3v) is 38.5. The van der Waals surface area contributed by atoms with Crippen molar-refractivity contribution in [2.45, 2.75) is 199 Å². The van der Waals surface area contributed by atoms with Crippen LogP contribution in [0.15, 0.2) is 133 Å². The number of thiophene rings is 3. The monoisotopic (exact) mass is 1980 g/mol. The van der Waals surface area contributed by atoms with Gasteiger partial charge in [-0.2, -0.15) is 0 Å². The summed E-state index contributed by atoms with van der Waals surface area (Å²) < 4.78 is 8.63. The lowest BCUT2D eigenvalue weighted by Gasteiger charge is -2.28. The second-order valence-corrected chi connectivity index (χ2v) is 48.3. The van der Waals surface area contributed by atoms with Crippen molar-refractivity contribution in [2.24, 2.45) is 0 Å². The highest BCUT2D eigenvalue weighted by atomic mass is 32.1. The van der Waals surface area contributed by atoms with E-state index in [2.05, 4.69) is 395 Å². The zero-order valence-electron chi connectivity index (χ0n) is 93.1. The number of aromatic amines is 2. The number of nitrogens with zero attached hydrogens (tertiary/aromatic N) is 8. The van der Waals surface area contributed by atoms with Gasteiger partial charge in [-0.3, -0.25) is 0 Å². The van der Waals surface area contributed by atoms with Crippen LogP contribution in [-0.2, 0) is 19.3 Å². The van der Waals surface area contributed by atoms with Crippen LogP contribution >= 0.6 is 34.0 Å². The molecular weight excluding hydrogens is 1830 g/mol. The lowest BCUT2D eigenvalue weighted by molar-refractivity contribution is 0.181. The van der Waals surface area contributed by atoms with Crippen molar-refractivity contribution < 1.29 is 0 Å².